The molecule has 1 aliphatic rings. The van der Waals surface area contributed by atoms with Crippen LogP contribution in [0.1, 0.15) is 26.7 Å². The summed E-state index contributed by atoms with van der Waals surface area (Å²) in [6, 6.07) is 0. The summed E-state index contributed by atoms with van der Waals surface area (Å²) in [4.78, 5) is 13.3. The lowest BCUT2D eigenvalue weighted by Crippen LogP contribution is -2.45. The van der Waals surface area contributed by atoms with E-state index < -0.39 is 5.60 Å². The first-order valence-corrected chi connectivity index (χ1v) is 5.60. The highest BCUT2D eigenvalue weighted by atomic mass is 16.3. The molecule has 0 saturated carbocycles. The van der Waals surface area contributed by atoms with Gasteiger partial charge in [-0.3, -0.25) is 4.79 Å². The predicted molar refractivity (Wildman–Crippen MR) is 59.5 cm³/mol. The Balaban J connectivity index is 2.40. The largest absolute Gasteiger partial charge is 0.387 e. The van der Waals surface area contributed by atoms with Crippen LogP contribution < -0.4 is 5.32 Å². The van der Waals surface area contributed by atoms with Crippen LogP contribution in [-0.2, 0) is 4.79 Å². The van der Waals surface area contributed by atoms with Crippen molar-refractivity contribution in [2.24, 2.45) is 5.92 Å². The molecule has 1 rings (SSSR count). The van der Waals surface area contributed by atoms with Crippen LogP contribution in [0.25, 0.3) is 0 Å². The summed E-state index contributed by atoms with van der Waals surface area (Å²) >= 11 is 0. The van der Waals surface area contributed by atoms with Crippen LogP contribution in [0.4, 0.5) is 0 Å². The second-order valence-corrected chi connectivity index (χ2v) is 5.00. The summed E-state index contributed by atoms with van der Waals surface area (Å²) in [6.45, 7) is 5.91. The van der Waals surface area contributed by atoms with Gasteiger partial charge in [0.05, 0.1) is 12.1 Å². The normalized spacial score (nSPS) is 25.9. The maximum absolute atomic E-state index is 11.7. The van der Waals surface area contributed by atoms with Gasteiger partial charge in [0.2, 0.25) is 5.91 Å². The number of likely N-dealkylation sites (N-methyl/N-ethyl adjacent to an activating group) is 1. The Kier molecular flexibility index (Phi) is 4.11. The summed E-state index contributed by atoms with van der Waals surface area (Å²) in [7, 11) is 1.76. The van der Waals surface area contributed by atoms with Gasteiger partial charge < -0.3 is 15.3 Å². The third kappa shape index (κ3) is 3.80. The fourth-order valence-corrected chi connectivity index (χ4v) is 1.90. The van der Waals surface area contributed by atoms with Crippen molar-refractivity contribution in [3.05, 3.63) is 0 Å². The van der Waals surface area contributed by atoms with E-state index in [0.717, 1.165) is 13.0 Å². The van der Waals surface area contributed by atoms with Gasteiger partial charge in [0.1, 0.15) is 0 Å². The minimum Gasteiger partial charge on any atom is -0.387 e. The highest BCUT2D eigenvalue weighted by Gasteiger charge is 2.33. The number of hydrogen-bond donors (Lipinski definition) is 2. The minimum atomic E-state index is -0.721. The van der Waals surface area contributed by atoms with Gasteiger partial charge in [0, 0.05) is 20.0 Å². The molecule has 0 aliphatic carbocycles. The van der Waals surface area contributed by atoms with Crippen LogP contribution in [0.5, 0.6) is 0 Å². The zero-order valence-corrected chi connectivity index (χ0v) is 9.92. The van der Waals surface area contributed by atoms with Gasteiger partial charge in [-0.15, -0.1) is 0 Å². The molecule has 1 heterocycles. The predicted octanol–water partition coefficient (Wildman–Crippen LogP) is 0.215. The lowest BCUT2D eigenvalue weighted by atomic mass is 10.0. The molecule has 2 N–H and O–H groups in total. The maximum atomic E-state index is 11.7. The van der Waals surface area contributed by atoms with Crippen LogP contribution in [-0.4, -0.2) is 48.2 Å². The van der Waals surface area contributed by atoms with Gasteiger partial charge in [-0.25, -0.2) is 0 Å². The Bertz CT molecular complexity index is 223. The van der Waals surface area contributed by atoms with Crippen molar-refractivity contribution >= 4 is 5.91 Å². The lowest BCUT2D eigenvalue weighted by Gasteiger charge is -2.28. The molecular formula is C11H22N2O2. The van der Waals surface area contributed by atoms with E-state index in [9.17, 15) is 9.90 Å². The van der Waals surface area contributed by atoms with E-state index in [1.54, 1.807) is 11.9 Å². The van der Waals surface area contributed by atoms with Gasteiger partial charge in [-0.1, -0.05) is 13.8 Å². The summed E-state index contributed by atoms with van der Waals surface area (Å²) in [5.74, 6) is 0.488. The molecule has 4 heteroatoms. The fraction of sp³-hybridized carbons (Fsp3) is 0.909. The Morgan fingerprint density at radius 1 is 1.60 bits per heavy atom. The summed E-state index contributed by atoms with van der Waals surface area (Å²) in [6.07, 6.45) is 1.28. The monoisotopic (exact) mass is 214 g/mol. The molecule has 0 aromatic rings. The summed E-state index contributed by atoms with van der Waals surface area (Å²) < 4.78 is 0. The Labute approximate surface area is 91.6 Å². The number of hydrogen-bond acceptors (Lipinski definition) is 3. The number of β-amino-alcohol motifs (C(OH)–C–C–N with tert-alkyl or cyclic N) is 1. The second-order valence-electron chi connectivity index (χ2n) is 5.00. The van der Waals surface area contributed by atoms with Gasteiger partial charge in [-0.05, 0) is 18.9 Å². The second kappa shape index (κ2) is 4.94. The number of carbonyl (C=O) groups is 1. The highest BCUT2D eigenvalue weighted by molar-refractivity contribution is 5.76. The molecule has 15 heavy (non-hydrogen) atoms. The topological polar surface area (TPSA) is 52.6 Å². The highest BCUT2D eigenvalue weighted by Crippen LogP contribution is 2.16. The molecule has 1 fully saturated rings. The molecule has 1 unspecified atom stereocenters. The number of nitrogens with zero attached hydrogens (tertiary/aromatic N) is 1. The van der Waals surface area contributed by atoms with Crippen molar-refractivity contribution in [3.63, 3.8) is 0 Å². The van der Waals surface area contributed by atoms with Crippen molar-refractivity contribution in [2.45, 2.75) is 32.3 Å². The molecule has 1 aliphatic heterocycles. The van der Waals surface area contributed by atoms with Gasteiger partial charge in [-0.2, -0.15) is 0 Å². The number of carbonyl (C=O) groups excluding carboxylic acids is 1. The third-order valence-electron chi connectivity index (χ3n) is 2.76. The first-order chi connectivity index (χ1) is 6.93. The van der Waals surface area contributed by atoms with E-state index in [1.807, 2.05) is 13.8 Å². The van der Waals surface area contributed by atoms with Crippen molar-refractivity contribution < 1.29 is 9.90 Å². The number of amides is 1. The number of aliphatic hydroxyl groups is 1. The summed E-state index contributed by atoms with van der Waals surface area (Å²) in [5, 5.41) is 13.2. The molecule has 0 aromatic heterocycles. The van der Waals surface area contributed by atoms with E-state index >= 15 is 0 Å². The minimum absolute atomic E-state index is 0.116. The standard InChI is InChI=1S/C11H22N2O2/c1-9(2)6-10(14)13(3)8-11(15)4-5-12-7-11/h9,12,15H,4-8H2,1-3H3. The van der Waals surface area contributed by atoms with Crippen molar-refractivity contribution in [1.82, 2.24) is 10.2 Å². The van der Waals surface area contributed by atoms with Crippen LogP contribution in [0, 0.1) is 5.92 Å². The quantitative estimate of drug-likeness (QED) is 0.703. The molecular weight excluding hydrogens is 192 g/mol. The van der Waals surface area contributed by atoms with E-state index in [4.69, 9.17) is 0 Å². The molecule has 88 valence electrons. The maximum Gasteiger partial charge on any atom is 0.222 e. The smallest absolute Gasteiger partial charge is 0.222 e. The first-order valence-electron chi connectivity index (χ1n) is 5.60. The average molecular weight is 214 g/mol. The molecule has 1 amide bonds. The van der Waals surface area contributed by atoms with Crippen LogP contribution in [0.3, 0.4) is 0 Å². The van der Waals surface area contributed by atoms with Crippen LogP contribution >= 0.6 is 0 Å². The third-order valence-corrected chi connectivity index (χ3v) is 2.76. The van der Waals surface area contributed by atoms with E-state index in [0.29, 0.717) is 25.4 Å². The molecule has 0 spiro atoms. The van der Waals surface area contributed by atoms with Crippen molar-refractivity contribution in [1.29, 1.82) is 0 Å². The zero-order valence-electron chi connectivity index (χ0n) is 9.92. The summed E-state index contributed by atoms with van der Waals surface area (Å²) in [5.41, 5.74) is -0.721. The molecule has 0 radical (unpaired) electrons. The molecule has 0 aromatic carbocycles. The number of nitrogens with one attached hydrogen (secondary N) is 1. The van der Waals surface area contributed by atoms with Gasteiger partial charge in [0.25, 0.3) is 0 Å². The van der Waals surface area contributed by atoms with E-state index in [-0.39, 0.29) is 5.91 Å². The molecule has 4 nitrogen and oxygen atoms in total. The van der Waals surface area contributed by atoms with Crippen LogP contribution in [0.15, 0.2) is 0 Å². The average Bonchev–Trinajstić information content (AvgIpc) is 2.50. The Morgan fingerprint density at radius 2 is 2.27 bits per heavy atom. The zero-order chi connectivity index (χ0) is 11.5. The lowest BCUT2D eigenvalue weighted by molar-refractivity contribution is -0.133. The van der Waals surface area contributed by atoms with Crippen molar-refractivity contribution in [2.75, 3.05) is 26.7 Å². The van der Waals surface area contributed by atoms with Crippen LogP contribution in [0.2, 0.25) is 0 Å². The van der Waals surface area contributed by atoms with Gasteiger partial charge >= 0.3 is 0 Å². The number of rotatable bonds is 4. The SMILES string of the molecule is CC(C)CC(=O)N(C)CC1(O)CCNC1. The Morgan fingerprint density at radius 3 is 2.73 bits per heavy atom. The first kappa shape index (κ1) is 12.5. The molecule has 0 bridgehead atoms. The Hall–Kier alpha value is -0.610. The molecule has 1 atom stereocenters. The van der Waals surface area contributed by atoms with Gasteiger partial charge in [0.15, 0.2) is 0 Å². The molecule has 1 saturated heterocycles. The van der Waals surface area contributed by atoms with E-state index in [2.05, 4.69) is 5.32 Å². The van der Waals surface area contributed by atoms with E-state index in [1.165, 1.54) is 0 Å². The van der Waals surface area contributed by atoms with Crippen molar-refractivity contribution in [3.8, 4) is 0 Å². The fourth-order valence-electron chi connectivity index (χ4n) is 1.90.